The van der Waals surface area contributed by atoms with Crippen molar-refractivity contribution < 1.29 is 52.7 Å². The minimum atomic E-state index is -5.59. The van der Waals surface area contributed by atoms with Crippen LogP contribution in [0.1, 0.15) is 44.8 Å². The molecule has 0 atom stereocenters. The van der Waals surface area contributed by atoms with Gasteiger partial charge in [0.2, 0.25) is 0 Å². The van der Waals surface area contributed by atoms with Gasteiger partial charge in [0.25, 0.3) is 0 Å². The average Bonchev–Trinajstić information content (AvgIpc) is 3.43. The monoisotopic (exact) mass is 652 g/mol. The van der Waals surface area contributed by atoms with Crippen molar-refractivity contribution in [2.45, 2.75) is 24.7 Å². The van der Waals surface area contributed by atoms with Crippen LogP contribution < -0.4 is 0 Å². The molecule has 0 N–H and O–H groups in total. The molecule has 2 aliphatic rings. The van der Waals surface area contributed by atoms with Crippen molar-refractivity contribution in [3.8, 4) is 46.8 Å². The van der Waals surface area contributed by atoms with E-state index in [4.69, 9.17) is 0 Å². The number of alkyl halides is 12. The molecule has 0 amide bonds. The van der Waals surface area contributed by atoms with Gasteiger partial charge in [0.15, 0.2) is 0 Å². The lowest BCUT2D eigenvalue weighted by Crippen LogP contribution is -2.13. The molecule has 230 valence electrons. The Hall–Kier alpha value is -5.88. The summed E-state index contributed by atoms with van der Waals surface area (Å²) in [6.45, 7) is 0. The van der Waals surface area contributed by atoms with Gasteiger partial charge < -0.3 is 0 Å². The van der Waals surface area contributed by atoms with Crippen LogP contribution in [0.3, 0.4) is 0 Å². The van der Waals surface area contributed by atoms with Gasteiger partial charge in [-0.2, -0.15) is 73.7 Å². The molecular formula is C28H4F12N6. The van der Waals surface area contributed by atoms with E-state index in [0.29, 0.717) is 0 Å². The number of benzene rings is 2. The second-order valence-corrected chi connectivity index (χ2v) is 9.45. The van der Waals surface area contributed by atoms with Crippen molar-refractivity contribution in [3.63, 3.8) is 0 Å². The number of hydrogen-bond donors (Lipinski definition) is 0. The van der Waals surface area contributed by atoms with E-state index in [2.05, 4.69) is 9.97 Å². The fourth-order valence-corrected chi connectivity index (χ4v) is 5.13. The third-order valence-electron chi connectivity index (χ3n) is 6.87. The van der Waals surface area contributed by atoms with Crippen molar-refractivity contribution in [2.24, 2.45) is 0 Å². The van der Waals surface area contributed by atoms with Crippen molar-refractivity contribution >= 4 is 11.1 Å². The number of halogens is 12. The van der Waals surface area contributed by atoms with Gasteiger partial charge in [0.1, 0.15) is 46.8 Å². The molecule has 0 bridgehead atoms. The predicted octanol–water partition coefficient (Wildman–Crippen LogP) is 8.21. The number of fused-ring (bicyclic) bond motifs is 6. The minimum Gasteiger partial charge on any atom is -0.243 e. The van der Waals surface area contributed by atoms with Gasteiger partial charge in [-0.25, -0.2) is 9.97 Å². The zero-order valence-corrected chi connectivity index (χ0v) is 21.5. The van der Waals surface area contributed by atoms with Gasteiger partial charge in [0.05, 0.1) is 33.6 Å². The normalized spacial score (nSPS) is 13.5. The van der Waals surface area contributed by atoms with Crippen LogP contribution in [0.2, 0.25) is 0 Å². The summed E-state index contributed by atoms with van der Waals surface area (Å²) in [6.07, 6.45) is -22.0. The highest BCUT2D eigenvalue weighted by molar-refractivity contribution is 6.08. The van der Waals surface area contributed by atoms with Gasteiger partial charge in [-0.3, -0.25) is 0 Å². The molecule has 0 spiro atoms. The average molecular weight is 652 g/mol. The predicted molar refractivity (Wildman–Crippen MR) is 127 cm³/mol. The van der Waals surface area contributed by atoms with Crippen LogP contribution in [-0.2, 0) is 24.7 Å². The molecule has 0 radical (unpaired) electrons. The molecule has 0 fully saturated rings. The second kappa shape index (κ2) is 9.81. The number of nitriles is 4. The molecule has 1 heterocycles. The lowest BCUT2D eigenvalue weighted by molar-refractivity contribution is -0.144. The van der Waals surface area contributed by atoms with Crippen molar-refractivity contribution in [2.75, 3.05) is 0 Å². The van der Waals surface area contributed by atoms with Crippen LogP contribution >= 0.6 is 0 Å². The van der Waals surface area contributed by atoms with E-state index in [1.54, 1.807) is 0 Å². The molecule has 1 aromatic heterocycles. The molecule has 0 saturated heterocycles. The maximum Gasteiger partial charge on any atom is 0.417 e. The zero-order chi connectivity index (χ0) is 34.3. The quantitative estimate of drug-likeness (QED) is 0.123. The molecule has 18 heteroatoms. The maximum atomic E-state index is 14.3. The summed E-state index contributed by atoms with van der Waals surface area (Å²) < 4.78 is 168. The van der Waals surface area contributed by atoms with Crippen LogP contribution in [0.15, 0.2) is 35.4 Å². The van der Waals surface area contributed by atoms with Crippen LogP contribution in [-0.4, -0.2) is 9.97 Å². The maximum absolute atomic E-state index is 14.3. The first-order valence-electron chi connectivity index (χ1n) is 11.9. The molecule has 5 rings (SSSR count). The van der Waals surface area contributed by atoms with E-state index < -0.39 is 114 Å². The highest BCUT2D eigenvalue weighted by Gasteiger charge is 2.48. The summed E-state index contributed by atoms with van der Waals surface area (Å²) in [5.41, 5.74) is -20.6. The van der Waals surface area contributed by atoms with Crippen molar-refractivity contribution in [1.82, 2.24) is 9.97 Å². The fraction of sp³-hybridized carbons (Fsp3) is 0.143. The van der Waals surface area contributed by atoms with E-state index >= 15 is 0 Å². The second-order valence-electron chi connectivity index (χ2n) is 9.45. The first-order valence-corrected chi connectivity index (χ1v) is 11.9. The SMILES string of the molecule is N#CC(C#N)=C1c2cc(C(F)(F)F)cc(C(F)(F)F)c2-c2nc3c(nc21)-c1c(cc(C(F)(F)F)cc1C(F)(F)F)C3=C(C#N)C#N. The summed E-state index contributed by atoms with van der Waals surface area (Å²) in [5, 5.41) is 38.1. The van der Waals surface area contributed by atoms with Crippen LogP contribution in [0.4, 0.5) is 52.7 Å². The molecule has 3 aromatic rings. The Labute approximate surface area is 247 Å². The molecule has 6 nitrogen and oxygen atoms in total. The first kappa shape index (κ1) is 31.5. The highest BCUT2D eigenvalue weighted by atomic mass is 19.4. The zero-order valence-electron chi connectivity index (χ0n) is 21.5. The Balaban J connectivity index is 2.05. The molecule has 46 heavy (non-hydrogen) atoms. The highest BCUT2D eigenvalue weighted by Crippen LogP contribution is 2.56. The molecule has 2 aliphatic carbocycles. The van der Waals surface area contributed by atoms with Gasteiger partial charge in [-0.15, -0.1) is 0 Å². The Morgan fingerprint density at radius 2 is 0.761 bits per heavy atom. The summed E-state index contributed by atoms with van der Waals surface area (Å²) in [6, 6.07) is 4.72. The molecule has 2 aromatic carbocycles. The van der Waals surface area contributed by atoms with Crippen LogP contribution in [0, 0.1) is 45.3 Å². The number of nitrogens with zero attached hydrogens (tertiary/aromatic N) is 6. The molecule has 0 unspecified atom stereocenters. The van der Waals surface area contributed by atoms with Gasteiger partial charge in [-0.05, 0) is 35.4 Å². The van der Waals surface area contributed by atoms with E-state index in [-0.39, 0.29) is 24.3 Å². The third-order valence-corrected chi connectivity index (χ3v) is 6.87. The molecule has 0 saturated carbocycles. The Morgan fingerprint density at radius 3 is 1.00 bits per heavy atom. The third kappa shape index (κ3) is 4.66. The van der Waals surface area contributed by atoms with Crippen molar-refractivity contribution in [3.05, 3.63) is 80.2 Å². The lowest BCUT2D eigenvalue weighted by atomic mass is 9.94. The van der Waals surface area contributed by atoms with E-state index in [1.807, 2.05) is 0 Å². The molecular weight excluding hydrogens is 648 g/mol. The van der Waals surface area contributed by atoms with Gasteiger partial charge >= 0.3 is 24.7 Å². The Morgan fingerprint density at radius 1 is 0.457 bits per heavy atom. The summed E-state index contributed by atoms with van der Waals surface area (Å²) >= 11 is 0. The number of hydrogen-bond acceptors (Lipinski definition) is 6. The number of rotatable bonds is 0. The van der Waals surface area contributed by atoms with Crippen LogP contribution in [0.5, 0.6) is 0 Å². The van der Waals surface area contributed by atoms with Gasteiger partial charge in [0, 0.05) is 22.3 Å². The fourth-order valence-electron chi connectivity index (χ4n) is 5.13. The van der Waals surface area contributed by atoms with Gasteiger partial charge in [-0.1, -0.05) is 0 Å². The Kier molecular flexibility index (Phi) is 6.73. The van der Waals surface area contributed by atoms with Crippen LogP contribution in [0.25, 0.3) is 33.7 Å². The minimum absolute atomic E-state index is 0.139. The number of allylic oxidation sites excluding steroid dienone is 2. The first-order chi connectivity index (χ1) is 21.2. The lowest BCUT2D eigenvalue weighted by Gasteiger charge is -2.16. The van der Waals surface area contributed by atoms with Crippen molar-refractivity contribution in [1.29, 1.82) is 21.0 Å². The smallest absolute Gasteiger partial charge is 0.243 e. The van der Waals surface area contributed by atoms with E-state index in [9.17, 15) is 73.7 Å². The Bertz CT molecular complexity index is 1950. The largest absolute Gasteiger partial charge is 0.417 e. The van der Waals surface area contributed by atoms with E-state index in [0.717, 1.165) is 0 Å². The molecule has 0 aliphatic heterocycles. The summed E-state index contributed by atoms with van der Waals surface area (Å²) in [7, 11) is 0. The standard InChI is InChI=1S/C28H4F12N6/c29-25(30,31)11-1-13-17(9(5-41)6-42)21-23(19(13)15(3-11)27(35,36)37)46-22-18(10(7-43)8-44)14-2-12(26(32,33)34)4-16(28(38,39)40)20(14)24(22)45-21/h1-4H. The topological polar surface area (TPSA) is 121 Å². The van der Waals surface area contributed by atoms with E-state index in [1.165, 1.54) is 24.3 Å². The number of aromatic nitrogens is 2. The summed E-state index contributed by atoms with van der Waals surface area (Å²) in [5.74, 6) is 0. The summed E-state index contributed by atoms with van der Waals surface area (Å²) in [4.78, 5) is 7.73.